The first-order valence-electron chi connectivity index (χ1n) is 6.68. The van der Waals surface area contributed by atoms with Gasteiger partial charge < -0.3 is 0 Å². The van der Waals surface area contributed by atoms with Gasteiger partial charge in [-0.3, -0.25) is 4.79 Å². The highest BCUT2D eigenvalue weighted by Crippen LogP contribution is 2.16. The summed E-state index contributed by atoms with van der Waals surface area (Å²) in [5.74, 6) is 1.28. The topological polar surface area (TPSA) is 47.8 Å². The lowest BCUT2D eigenvalue weighted by molar-refractivity contribution is -0.117. The summed E-state index contributed by atoms with van der Waals surface area (Å²) in [7, 11) is 0. The molecule has 0 spiro atoms. The van der Waals surface area contributed by atoms with E-state index in [0.717, 1.165) is 17.9 Å². The molecule has 2 aromatic rings. The molecule has 1 aromatic heterocycles. The Morgan fingerprint density at radius 3 is 2.75 bits per heavy atom. The first kappa shape index (κ1) is 14.7. The number of carbonyl (C=O) groups excluding carboxylic acids is 1. The Labute approximate surface area is 123 Å². The van der Waals surface area contributed by atoms with Crippen molar-refractivity contribution in [1.82, 2.24) is 14.8 Å². The van der Waals surface area contributed by atoms with E-state index in [1.165, 1.54) is 6.33 Å². The third-order valence-corrected chi connectivity index (χ3v) is 3.30. The van der Waals surface area contributed by atoms with Gasteiger partial charge in [-0.1, -0.05) is 43.6 Å². The molecule has 4 nitrogen and oxygen atoms in total. The van der Waals surface area contributed by atoms with Gasteiger partial charge >= 0.3 is 0 Å². The van der Waals surface area contributed by atoms with Gasteiger partial charge in [-0.05, 0) is 17.5 Å². The molecule has 2 rings (SSSR count). The highest BCUT2D eigenvalue weighted by atomic mass is 35.5. The van der Waals surface area contributed by atoms with Gasteiger partial charge in [-0.15, -0.1) is 0 Å². The maximum Gasteiger partial charge on any atom is 0.144 e. The van der Waals surface area contributed by atoms with E-state index in [9.17, 15) is 4.79 Å². The van der Waals surface area contributed by atoms with Gasteiger partial charge in [-0.25, -0.2) is 9.67 Å². The lowest BCUT2D eigenvalue weighted by Crippen LogP contribution is -2.15. The second-order valence-electron chi connectivity index (χ2n) is 5.24. The molecule has 0 aliphatic heterocycles. The van der Waals surface area contributed by atoms with Gasteiger partial charge in [-0.2, -0.15) is 5.10 Å². The first-order valence-corrected chi connectivity index (χ1v) is 7.06. The van der Waals surface area contributed by atoms with Crippen molar-refractivity contribution in [3.8, 4) is 0 Å². The minimum absolute atomic E-state index is 0.0936. The van der Waals surface area contributed by atoms with E-state index in [1.54, 1.807) is 10.7 Å². The minimum Gasteiger partial charge on any atom is -0.299 e. The smallest absolute Gasteiger partial charge is 0.144 e. The van der Waals surface area contributed by atoms with Crippen molar-refractivity contribution in [2.75, 3.05) is 0 Å². The molecule has 0 N–H and O–H groups in total. The molecule has 0 aliphatic rings. The van der Waals surface area contributed by atoms with Crippen LogP contribution in [0.4, 0.5) is 0 Å². The van der Waals surface area contributed by atoms with Gasteiger partial charge in [0.05, 0.1) is 6.42 Å². The fraction of sp³-hybridized carbons (Fsp3) is 0.400. The van der Waals surface area contributed by atoms with Crippen LogP contribution in [0.15, 0.2) is 30.6 Å². The Bertz CT molecular complexity index is 592. The zero-order valence-corrected chi connectivity index (χ0v) is 12.5. The van der Waals surface area contributed by atoms with Crippen LogP contribution in [0.5, 0.6) is 0 Å². The van der Waals surface area contributed by atoms with Gasteiger partial charge in [0.15, 0.2) is 0 Å². The molecule has 5 heteroatoms. The third-order valence-electron chi connectivity index (χ3n) is 2.93. The zero-order valence-electron chi connectivity index (χ0n) is 11.7. The van der Waals surface area contributed by atoms with Crippen molar-refractivity contribution in [3.05, 3.63) is 47.0 Å². The molecule has 106 valence electrons. The fourth-order valence-corrected chi connectivity index (χ4v) is 2.22. The highest BCUT2D eigenvalue weighted by molar-refractivity contribution is 6.31. The first-order chi connectivity index (χ1) is 9.56. The quantitative estimate of drug-likeness (QED) is 0.822. The third kappa shape index (κ3) is 3.90. The standard InChI is InChI=1S/C15H18ClN3O/c1-11(2)9-19-15(17-10-18-19)8-13(20)7-12-5-3-4-6-14(12)16/h3-6,10-11H,7-9H2,1-2H3. The second-order valence-corrected chi connectivity index (χ2v) is 5.64. The molecule has 0 atom stereocenters. The van der Waals surface area contributed by atoms with Crippen LogP contribution in [-0.2, 0) is 24.2 Å². The largest absolute Gasteiger partial charge is 0.299 e. The maximum absolute atomic E-state index is 12.1. The molecule has 0 bridgehead atoms. The summed E-state index contributed by atoms with van der Waals surface area (Å²) in [4.78, 5) is 16.3. The Hall–Kier alpha value is -1.68. The summed E-state index contributed by atoms with van der Waals surface area (Å²) >= 11 is 6.06. The van der Waals surface area contributed by atoms with Crippen LogP contribution in [0.25, 0.3) is 0 Å². The summed E-state index contributed by atoms with van der Waals surface area (Å²) in [6.45, 7) is 4.99. The van der Waals surface area contributed by atoms with Gasteiger partial charge in [0.25, 0.3) is 0 Å². The monoisotopic (exact) mass is 291 g/mol. The summed E-state index contributed by atoms with van der Waals surface area (Å²) in [5, 5.41) is 4.79. The van der Waals surface area contributed by atoms with E-state index in [0.29, 0.717) is 17.4 Å². The molecule has 0 saturated carbocycles. The Balaban J connectivity index is 2.02. The van der Waals surface area contributed by atoms with Crippen LogP contribution in [0, 0.1) is 5.92 Å². The minimum atomic E-state index is 0.0936. The van der Waals surface area contributed by atoms with Crippen molar-refractivity contribution >= 4 is 17.4 Å². The normalized spacial score (nSPS) is 11.0. The number of nitrogens with zero attached hydrogens (tertiary/aromatic N) is 3. The van der Waals surface area contributed by atoms with Crippen LogP contribution in [0.1, 0.15) is 25.2 Å². The van der Waals surface area contributed by atoms with Crippen LogP contribution < -0.4 is 0 Å². The number of halogens is 1. The number of carbonyl (C=O) groups is 1. The number of hydrogen-bond acceptors (Lipinski definition) is 3. The van der Waals surface area contributed by atoms with Crippen LogP contribution in [0.3, 0.4) is 0 Å². The molecule has 0 unspecified atom stereocenters. The number of benzene rings is 1. The summed E-state index contributed by atoms with van der Waals surface area (Å²) in [6.07, 6.45) is 2.12. The predicted octanol–water partition coefficient (Wildman–Crippen LogP) is 2.94. The summed E-state index contributed by atoms with van der Waals surface area (Å²) in [6, 6.07) is 7.41. The van der Waals surface area contributed by atoms with Crippen molar-refractivity contribution in [1.29, 1.82) is 0 Å². The molecular weight excluding hydrogens is 274 g/mol. The average Bonchev–Trinajstić information content (AvgIpc) is 2.78. The van der Waals surface area contributed by atoms with Gasteiger partial charge in [0.1, 0.15) is 17.9 Å². The lowest BCUT2D eigenvalue weighted by atomic mass is 10.1. The van der Waals surface area contributed by atoms with E-state index in [2.05, 4.69) is 23.9 Å². The van der Waals surface area contributed by atoms with Crippen molar-refractivity contribution in [2.24, 2.45) is 5.92 Å². The molecule has 0 fully saturated rings. The van der Waals surface area contributed by atoms with E-state index >= 15 is 0 Å². The van der Waals surface area contributed by atoms with Crippen LogP contribution >= 0.6 is 11.6 Å². The molecule has 20 heavy (non-hydrogen) atoms. The summed E-state index contributed by atoms with van der Waals surface area (Å²) < 4.78 is 1.80. The van der Waals surface area contributed by atoms with Crippen molar-refractivity contribution in [3.63, 3.8) is 0 Å². The lowest BCUT2D eigenvalue weighted by Gasteiger charge is -2.08. The molecule has 0 amide bonds. The number of ketones is 1. The Morgan fingerprint density at radius 1 is 1.30 bits per heavy atom. The molecule has 1 aromatic carbocycles. The predicted molar refractivity (Wildman–Crippen MR) is 78.7 cm³/mol. The highest BCUT2D eigenvalue weighted by Gasteiger charge is 2.13. The van der Waals surface area contributed by atoms with E-state index in [1.807, 2.05) is 18.2 Å². The number of rotatable bonds is 6. The Kier molecular flexibility index (Phi) is 4.90. The second kappa shape index (κ2) is 6.66. The van der Waals surface area contributed by atoms with E-state index in [-0.39, 0.29) is 12.2 Å². The van der Waals surface area contributed by atoms with Crippen LogP contribution in [-0.4, -0.2) is 20.5 Å². The number of aromatic nitrogens is 3. The zero-order chi connectivity index (χ0) is 14.5. The fourth-order valence-electron chi connectivity index (χ4n) is 2.02. The van der Waals surface area contributed by atoms with Crippen LogP contribution in [0.2, 0.25) is 5.02 Å². The molecule has 0 aliphatic carbocycles. The summed E-state index contributed by atoms with van der Waals surface area (Å²) in [5.41, 5.74) is 0.856. The van der Waals surface area contributed by atoms with E-state index in [4.69, 9.17) is 11.6 Å². The molecule has 0 saturated heterocycles. The molecule has 1 heterocycles. The average molecular weight is 292 g/mol. The molecule has 0 radical (unpaired) electrons. The SMILES string of the molecule is CC(C)Cn1ncnc1CC(=O)Cc1ccccc1Cl. The maximum atomic E-state index is 12.1. The van der Waals surface area contributed by atoms with Crippen molar-refractivity contribution < 1.29 is 4.79 Å². The Morgan fingerprint density at radius 2 is 2.05 bits per heavy atom. The number of Topliss-reactive ketones (excluding diaryl/α,β-unsaturated/α-hetero) is 1. The van der Waals surface area contributed by atoms with Gasteiger partial charge in [0.2, 0.25) is 0 Å². The number of hydrogen-bond donors (Lipinski definition) is 0. The molecular formula is C15H18ClN3O. The van der Waals surface area contributed by atoms with Gasteiger partial charge in [0, 0.05) is 18.0 Å². The van der Waals surface area contributed by atoms with Crippen molar-refractivity contribution in [2.45, 2.75) is 33.2 Å². The van der Waals surface area contributed by atoms with E-state index < -0.39 is 0 Å².